The van der Waals surface area contributed by atoms with E-state index >= 15 is 0 Å². The number of benzene rings is 2. The maximum absolute atomic E-state index is 11.1. The van der Waals surface area contributed by atoms with Crippen molar-refractivity contribution in [3.05, 3.63) is 47.0 Å². The monoisotopic (exact) mass is 244 g/mol. The Labute approximate surface area is 101 Å². The topological polar surface area (TPSA) is 91.7 Å². The summed E-state index contributed by atoms with van der Waals surface area (Å²) >= 11 is 0. The molecule has 2 aromatic carbocycles. The molecule has 2 rings (SSSR count). The van der Waals surface area contributed by atoms with E-state index in [4.69, 9.17) is 10.2 Å². The minimum absolute atomic E-state index is 0.0110. The molecule has 2 aromatic rings. The van der Waals surface area contributed by atoms with Gasteiger partial charge in [0.15, 0.2) is 6.29 Å². The van der Waals surface area contributed by atoms with E-state index in [9.17, 15) is 14.4 Å². The van der Waals surface area contributed by atoms with Gasteiger partial charge in [-0.2, -0.15) is 0 Å². The molecule has 0 fully saturated rings. The molecule has 5 heteroatoms. The number of fused-ring (bicyclic) bond motifs is 1. The molecule has 0 saturated carbocycles. The summed E-state index contributed by atoms with van der Waals surface area (Å²) in [5.41, 5.74) is -0.446. The lowest BCUT2D eigenvalue weighted by molar-refractivity contribution is 0.0694. The number of carboxylic acid groups (broad SMARTS) is 2. The predicted molar refractivity (Wildman–Crippen MR) is 63.3 cm³/mol. The minimum Gasteiger partial charge on any atom is -0.478 e. The second-order valence-electron chi connectivity index (χ2n) is 3.66. The zero-order valence-electron chi connectivity index (χ0n) is 9.08. The Morgan fingerprint density at radius 3 is 2.00 bits per heavy atom. The second kappa shape index (κ2) is 4.29. The Balaban J connectivity index is 3.00. The van der Waals surface area contributed by atoms with Gasteiger partial charge >= 0.3 is 11.9 Å². The van der Waals surface area contributed by atoms with E-state index in [1.165, 1.54) is 12.1 Å². The lowest BCUT2D eigenvalue weighted by Crippen LogP contribution is -2.07. The van der Waals surface area contributed by atoms with E-state index in [0.717, 1.165) is 6.07 Å². The molecule has 90 valence electrons. The molecule has 0 spiro atoms. The first-order chi connectivity index (χ1) is 8.56. The zero-order valence-corrected chi connectivity index (χ0v) is 9.08. The van der Waals surface area contributed by atoms with Crippen LogP contribution in [0.1, 0.15) is 31.1 Å². The highest BCUT2D eigenvalue weighted by Gasteiger charge is 2.19. The van der Waals surface area contributed by atoms with Gasteiger partial charge in [0, 0.05) is 5.56 Å². The molecule has 0 saturated heterocycles. The third-order valence-electron chi connectivity index (χ3n) is 2.66. The highest BCUT2D eigenvalue weighted by atomic mass is 16.4. The molecule has 0 unspecified atom stereocenters. The molecule has 0 bridgehead atoms. The fourth-order valence-electron chi connectivity index (χ4n) is 1.88. The fraction of sp³-hybridized carbons (Fsp3) is 0. The molecule has 2 N–H and O–H groups in total. The van der Waals surface area contributed by atoms with Gasteiger partial charge in [-0.15, -0.1) is 0 Å². The Hall–Kier alpha value is -2.69. The Bertz CT molecular complexity index is 672. The Kier molecular flexibility index (Phi) is 2.81. The molecular weight excluding hydrogens is 236 g/mol. The number of rotatable bonds is 3. The lowest BCUT2D eigenvalue weighted by Gasteiger charge is -2.08. The first-order valence-corrected chi connectivity index (χ1v) is 5.03. The summed E-state index contributed by atoms with van der Waals surface area (Å²) in [4.78, 5) is 33.2. The Morgan fingerprint density at radius 2 is 1.50 bits per heavy atom. The third-order valence-corrected chi connectivity index (χ3v) is 2.66. The maximum atomic E-state index is 11.1. The van der Waals surface area contributed by atoms with Gasteiger partial charge in [0.1, 0.15) is 0 Å². The van der Waals surface area contributed by atoms with Crippen molar-refractivity contribution in [2.24, 2.45) is 0 Å². The number of hydrogen-bond donors (Lipinski definition) is 2. The molecule has 0 radical (unpaired) electrons. The number of carbonyl (C=O) groups excluding carboxylic acids is 1. The number of carboxylic acids is 2. The molecule has 0 aliphatic rings. The summed E-state index contributed by atoms with van der Waals surface area (Å²) < 4.78 is 0. The molecule has 0 amide bonds. The molecule has 0 aromatic heterocycles. The molecule has 0 atom stereocenters. The average molecular weight is 244 g/mol. The van der Waals surface area contributed by atoms with Crippen LogP contribution in [0.25, 0.3) is 10.8 Å². The minimum atomic E-state index is -1.33. The van der Waals surface area contributed by atoms with Gasteiger partial charge in [-0.05, 0) is 16.8 Å². The highest BCUT2D eigenvalue weighted by molar-refractivity contribution is 6.14. The van der Waals surface area contributed by atoms with Crippen LogP contribution in [0.3, 0.4) is 0 Å². The fourth-order valence-corrected chi connectivity index (χ4v) is 1.88. The van der Waals surface area contributed by atoms with Crippen molar-refractivity contribution in [2.75, 3.05) is 0 Å². The first-order valence-electron chi connectivity index (χ1n) is 5.03. The summed E-state index contributed by atoms with van der Waals surface area (Å²) in [5.74, 6) is -2.56. The number of aromatic carboxylic acids is 2. The van der Waals surface area contributed by atoms with Crippen LogP contribution in [0.5, 0.6) is 0 Å². The molecule has 0 aliphatic heterocycles. The van der Waals surface area contributed by atoms with E-state index in [1.54, 1.807) is 12.1 Å². The van der Waals surface area contributed by atoms with Crippen molar-refractivity contribution < 1.29 is 24.6 Å². The van der Waals surface area contributed by atoms with E-state index < -0.39 is 11.9 Å². The van der Waals surface area contributed by atoms with Crippen molar-refractivity contribution in [3.8, 4) is 0 Å². The summed E-state index contributed by atoms with van der Waals surface area (Å²) in [7, 11) is 0. The van der Waals surface area contributed by atoms with Crippen LogP contribution in [-0.4, -0.2) is 28.4 Å². The van der Waals surface area contributed by atoms with Crippen molar-refractivity contribution in [3.63, 3.8) is 0 Å². The third kappa shape index (κ3) is 1.71. The molecule has 0 heterocycles. The zero-order chi connectivity index (χ0) is 13.3. The van der Waals surface area contributed by atoms with Gasteiger partial charge in [-0.25, -0.2) is 9.59 Å². The SMILES string of the molecule is O=Cc1c(C(=O)O)cc(C(=O)O)c2ccccc12. The maximum Gasteiger partial charge on any atom is 0.336 e. The summed E-state index contributed by atoms with van der Waals surface area (Å²) in [5, 5.41) is 18.8. The van der Waals surface area contributed by atoms with Gasteiger partial charge in [0.05, 0.1) is 11.1 Å². The second-order valence-corrected chi connectivity index (χ2v) is 3.66. The van der Waals surface area contributed by atoms with E-state index in [1.807, 2.05) is 0 Å². The molecule has 0 aliphatic carbocycles. The summed E-state index contributed by atoms with van der Waals surface area (Å²) in [6, 6.07) is 7.32. The molecular formula is C13H8O5. The van der Waals surface area contributed by atoms with Crippen LogP contribution >= 0.6 is 0 Å². The first kappa shape index (κ1) is 11.8. The Morgan fingerprint density at radius 1 is 0.944 bits per heavy atom. The summed E-state index contributed by atoms with van der Waals surface area (Å²) in [6.45, 7) is 0. The quantitative estimate of drug-likeness (QED) is 0.806. The molecule has 5 nitrogen and oxygen atoms in total. The standard InChI is InChI=1S/C13H8O5/c14-6-11-8-4-2-1-3-7(8)9(12(15)16)5-10(11)13(17)18/h1-6H,(H,15,16)(H,17,18). The smallest absolute Gasteiger partial charge is 0.336 e. The average Bonchev–Trinajstić information content (AvgIpc) is 2.36. The van der Waals surface area contributed by atoms with Gasteiger partial charge in [0.25, 0.3) is 0 Å². The van der Waals surface area contributed by atoms with E-state index in [-0.39, 0.29) is 16.7 Å². The van der Waals surface area contributed by atoms with E-state index in [2.05, 4.69) is 0 Å². The summed E-state index contributed by atoms with van der Waals surface area (Å²) in [6.07, 6.45) is 0.428. The lowest BCUT2D eigenvalue weighted by atomic mass is 9.95. The van der Waals surface area contributed by atoms with Crippen molar-refractivity contribution in [1.29, 1.82) is 0 Å². The molecule has 18 heavy (non-hydrogen) atoms. The van der Waals surface area contributed by atoms with Crippen LogP contribution in [0, 0.1) is 0 Å². The van der Waals surface area contributed by atoms with Crippen molar-refractivity contribution >= 4 is 29.0 Å². The van der Waals surface area contributed by atoms with Crippen LogP contribution < -0.4 is 0 Å². The van der Waals surface area contributed by atoms with Crippen LogP contribution in [-0.2, 0) is 0 Å². The predicted octanol–water partition coefficient (Wildman–Crippen LogP) is 2.05. The van der Waals surface area contributed by atoms with Gasteiger partial charge in [-0.1, -0.05) is 24.3 Å². The normalized spacial score (nSPS) is 10.2. The van der Waals surface area contributed by atoms with Crippen molar-refractivity contribution in [2.45, 2.75) is 0 Å². The van der Waals surface area contributed by atoms with Crippen LogP contribution in [0.2, 0.25) is 0 Å². The van der Waals surface area contributed by atoms with Crippen LogP contribution in [0.4, 0.5) is 0 Å². The largest absolute Gasteiger partial charge is 0.478 e. The van der Waals surface area contributed by atoms with Gasteiger partial charge in [0.2, 0.25) is 0 Å². The van der Waals surface area contributed by atoms with Gasteiger partial charge < -0.3 is 10.2 Å². The van der Waals surface area contributed by atoms with Crippen LogP contribution in [0.15, 0.2) is 30.3 Å². The number of aldehydes is 1. The number of hydrogen-bond acceptors (Lipinski definition) is 3. The number of carbonyl (C=O) groups is 3. The van der Waals surface area contributed by atoms with Crippen molar-refractivity contribution in [1.82, 2.24) is 0 Å². The van der Waals surface area contributed by atoms with Gasteiger partial charge in [-0.3, -0.25) is 4.79 Å². The highest BCUT2D eigenvalue weighted by Crippen LogP contribution is 2.25. The van der Waals surface area contributed by atoms with E-state index in [0.29, 0.717) is 17.1 Å².